The molecular formula is C23H33IN4O2S. The molecule has 1 atom stereocenters. The van der Waals surface area contributed by atoms with Gasteiger partial charge in [-0.2, -0.15) is 11.3 Å². The summed E-state index contributed by atoms with van der Waals surface area (Å²) in [6, 6.07) is 9.66. The Morgan fingerprint density at radius 2 is 2.00 bits per heavy atom. The van der Waals surface area contributed by atoms with Gasteiger partial charge in [0, 0.05) is 25.2 Å². The van der Waals surface area contributed by atoms with Crippen LogP contribution in [0.3, 0.4) is 0 Å². The summed E-state index contributed by atoms with van der Waals surface area (Å²) in [5, 5.41) is 21.1. The third-order valence-electron chi connectivity index (χ3n) is 5.32. The zero-order valence-electron chi connectivity index (χ0n) is 18.3. The first-order valence-corrected chi connectivity index (χ1v) is 11.6. The largest absolute Gasteiger partial charge is 0.384 e. The standard InChI is InChI=1S/C23H32N4O2S.HI/c1-3-24-22(26-17-23(2,29)20-10-13-30-16-20)25-15-18-8-7-9-19(14-18)21(28)27-11-5-4-6-12-27;/h7-10,13-14,16,29H,3-6,11-12,15,17H2,1-2H3,(H2,24,25,26);1H. The van der Waals surface area contributed by atoms with Crippen LogP contribution in [0.15, 0.2) is 46.1 Å². The minimum atomic E-state index is -0.975. The topological polar surface area (TPSA) is 77.0 Å². The number of thiophene rings is 1. The highest BCUT2D eigenvalue weighted by atomic mass is 127. The average molecular weight is 557 g/mol. The number of carbonyl (C=O) groups is 1. The van der Waals surface area contributed by atoms with E-state index in [4.69, 9.17) is 0 Å². The molecule has 1 unspecified atom stereocenters. The number of hydrogen-bond donors (Lipinski definition) is 3. The summed E-state index contributed by atoms with van der Waals surface area (Å²) in [4.78, 5) is 19.3. The monoisotopic (exact) mass is 556 g/mol. The highest BCUT2D eigenvalue weighted by molar-refractivity contribution is 14.0. The maximum Gasteiger partial charge on any atom is 0.253 e. The van der Waals surface area contributed by atoms with Gasteiger partial charge in [-0.25, -0.2) is 4.99 Å². The smallest absolute Gasteiger partial charge is 0.253 e. The average Bonchev–Trinajstić information content (AvgIpc) is 3.32. The fraction of sp³-hybridized carbons (Fsp3) is 0.478. The summed E-state index contributed by atoms with van der Waals surface area (Å²) in [7, 11) is 0. The Balaban J connectivity index is 0.00000341. The van der Waals surface area contributed by atoms with Crippen molar-refractivity contribution in [2.75, 3.05) is 26.2 Å². The fourth-order valence-corrected chi connectivity index (χ4v) is 4.31. The van der Waals surface area contributed by atoms with Crippen LogP contribution in [0.1, 0.15) is 54.6 Å². The number of aliphatic imine (C=N–C) groups is 1. The first-order chi connectivity index (χ1) is 14.5. The molecular weight excluding hydrogens is 523 g/mol. The van der Waals surface area contributed by atoms with Gasteiger partial charge in [0.15, 0.2) is 5.96 Å². The van der Waals surface area contributed by atoms with Crippen LogP contribution in [-0.4, -0.2) is 48.1 Å². The van der Waals surface area contributed by atoms with Gasteiger partial charge in [0.25, 0.3) is 5.91 Å². The van der Waals surface area contributed by atoms with Crippen LogP contribution in [0, 0.1) is 0 Å². The lowest BCUT2D eigenvalue weighted by molar-refractivity contribution is 0.0621. The van der Waals surface area contributed by atoms with Crippen molar-refractivity contribution in [2.24, 2.45) is 4.99 Å². The number of amides is 1. The molecule has 0 spiro atoms. The van der Waals surface area contributed by atoms with Crippen molar-refractivity contribution in [2.45, 2.75) is 45.3 Å². The quantitative estimate of drug-likeness (QED) is 0.274. The predicted molar refractivity (Wildman–Crippen MR) is 138 cm³/mol. The van der Waals surface area contributed by atoms with Crippen molar-refractivity contribution in [1.29, 1.82) is 0 Å². The van der Waals surface area contributed by atoms with E-state index in [2.05, 4.69) is 15.6 Å². The molecule has 1 fully saturated rings. The van der Waals surface area contributed by atoms with Crippen LogP contribution >= 0.6 is 35.3 Å². The van der Waals surface area contributed by atoms with Gasteiger partial charge >= 0.3 is 0 Å². The number of aliphatic hydroxyl groups is 1. The SMILES string of the molecule is CCNC(=NCc1cccc(C(=O)N2CCCCC2)c1)NCC(C)(O)c1ccsc1.I. The van der Waals surface area contributed by atoms with E-state index in [9.17, 15) is 9.90 Å². The van der Waals surface area contributed by atoms with Gasteiger partial charge in [0.05, 0.1) is 13.1 Å². The van der Waals surface area contributed by atoms with Crippen LogP contribution in [0.5, 0.6) is 0 Å². The zero-order chi connectivity index (χ0) is 21.4. The van der Waals surface area contributed by atoms with Gasteiger partial charge in [0.2, 0.25) is 0 Å². The lowest BCUT2D eigenvalue weighted by Gasteiger charge is -2.26. The van der Waals surface area contributed by atoms with Crippen molar-refractivity contribution < 1.29 is 9.90 Å². The Morgan fingerprint density at radius 1 is 1.23 bits per heavy atom. The number of hydrogen-bond acceptors (Lipinski definition) is 4. The zero-order valence-corrected chi connectivity index (χ0v) is 21.4. The van der Waals surface area contributed by atoms with Crippen LogP contribution in [0.25, 0.3) is 0 Å². The number of carbonyl (C=O) groups excluding carboxylic acids is 1. The second-order valence-electron chi connectivity index (χ2n) is 7.89. The Morgan fingerprint density at radius 3 is 2.68 bits per heavy atom. The Hall–Kier alpha value is -1.65. The molecule has 3 rings (SSSR count). The van der Waals surface area contributed by atoms with Crippen molar-refractivity contribution in [3.63, 3.8) is 0 Å². The maximum absolute atomic E-state index is 12.8. The maximum atomic E-state index is 12.8. The second kappa shape index (κ2) is 12.4. The molecule has 8 heteroatoms. The highest BCUT2D eigenvalue weighted by Crippen LogP contribution is 2.22. The first-order valence-electron chi connectivity index (χ1n) is 10.6. The lowest BCUT2D eigenvalue weighted by atomic mass is 9.99. The molecule has 31 heavy (non-hydrogen) atoms. The number of guanidine groups is 1. The number of nitrogens with zero attached hydrogens (tertiary/aromatic N) is 2. The van der Waals surface area contributed by atoms with Gasteiger partial charge in [-0.3, -0.25) is 4.79 Å². The van der Waals surface area contributed by atoms with Gasteiger partial charge in [-0.15, -0.1) is 24.0 Å². The molecule has 1 aliphatic heterocycles. The van der Waals surface area contributed by atoms with Crippen molar-refractivity contribution in [3.8, 4) is 0 Å². The number of halogens is 1. The normalized spacial score (nSPS) is 16.2. The van der Waals surface area contributed by atoms with Gasteiger partial charge in [-0.05, 0) is 73.2 Å². The van der Waals surface area contributed by atoms with Crippen molar-refractivity contribution in [1.82, 2.24) is 15.5 Å². The molecule has 0 bridgehead atoms. The van der Waals surface area contributed by atoms with Crippen molar-refractivity contribution >= 4 is 47.2 Å². The summed E-state index contributed by atoms with van der Waals surface area (Å²) >= 11 is 1.57. The van der Waals surface area contributed by atoms with Gasteiger partial charge in [-0.1, -0.05) is 12.1 Å². The van der Waals surface area contributed by atoms with Crippen LogP contribution in [0.2, 0.25) is 0 Å². The molecule has 1 saturated heterocycles. The molecule has 1 amide bonds. The molecule has 0 radical (unpaired) electrons. The molecule has 1 aromatic carbocycles. The first kappa shape index (κ1) is 25.6. The lowest BCUT2D eigenvalue weighted by Crippen LogP contribution is -2.44. The molecule has 6 nitrogen and oxygen atoms in total. The van der Waals surface area contributed by atoms with Crippen LogP contribution in [-0.2, 0) is 12.1 Å². The van der Waals surface area contributed by atoms with E-state index in [1.54, 1.807) is 18.3 Å². The summed E-state index contributed by atoms with van der Waals surface area (Å²) in [6.07, 6.45) is 3.38. The molecule has 2 heterocycles. The molecule has 170 valence electrons. The van der Waals surface area contributed by atoms with E-state index in [0.717, 1.165) is 49.2 Å². The van der Waals surface area contributed by atoms with E-state index in [0.29, 0.717) is 19.0 Å². The Bertz CT molecular complexity index is 849. The van der Waals surface area contributed by atoms with Crippen LogP contribution in [0.4, 0.5) is 0 Å². The number of nitrogens with one attached hydrogen (secondary N) is 2. The summed E-state index contributed by atoms with van der Waals surface area (Å²) < 4.78 is 0. The molecule has 2 aromatic rings. The van der Waals surface area contributed by atoms with E-state index in [1.165, 1.54) is 6.42 Å². The van der Waals surface area contributed by atoms with Gasteiger partial charge < -0.3 is 20.6 Å². The number of rotatable bonds is 7. The predicted octanol–water partition coefficient (Wildman–Crippen LogP) is 3.96. The third kappa shape index (κ3) is 7.47. The van der Waals surface area contributed by atoms with Gasteiger partial charge in [0.1, 0.15) is 5.60 Å². The number of likely N-dealkylation sites (tertiary alicyclic amines) is 1. The molecule has 0 saturated carbocycles. The second-order valence-corrected chi connectivity index (χ2v) is 8.67. The molecule has 3 N–H and O–H groups in total. The Kier molecular flexibility index (Phi) is 10.2. The summed E-state index contributed by atoms with van der Waals surface area (Å²) in [5.74, 6) is 0.748. The minimum absolute atomic E-state index is 0. The van der Waals surface area contributed by atoms with E-state index in [-0.39, 0.29) is 29.9 Å². The van der Waals surface area contributed by atoms with Crippen LogP contribution < -0.4 is 10.6 Å². The third-order valence-corrected chi connectivity index (χ3v) is 6.01. The number of piperidine rings is 1. The van der Waals surface area contributed by atoms with E-state index in [1.807, 2.05) is 52.9 Å². The summed E-state index contributed by atoms with van der Waals surface area (Å²) in [6.45, 7) is 7.02. The van der Waals surface area contributed by atoms with E-state index < -0.39 is 5.60 Å². The number of benzene rings is 1. The van der Waals surface area contributed by atoms with Crippen molar-refractivity contribution in [3.05, 3.63) is 57.8 Å². The highest BCUT2D eigenvalue weighted by Gasteiger charge is 2.23. The fourth-order valence-electron chi connectivity index (χ4n) is 3.52. The van der Waals surface area contributed by atoms with E-state index >= 15 is 0 Å². The molecule has 0 aliphatic carbocycles. The molecule has 1 aliphatic rings. The minimum Gasteiger partial charge on any atom is -0.384 e. The Labute approximate surface area is 206 Å². The molecule has 1 aromatic heterocycles. The summed E-state index contributed by atoms with van der Waals surface area (Å²) in [5.41, 5.74) is 1.62.